The molecule has 1 fully saturated rings. The van der Waals surface area contributed by atoms with Gasteiger partial charge in [0.2, 0.25) is 11.8 Å². The lowest BCUT2D eigenvalue weighted by Gasteiger charge is -2.21. The van der Waals surface area contributed by atoms with Gasteiger partial charge in [-0.15, -0.1) is 11.8 Å². The summed E-state index contributed by atoms with van der Waals surface area (Å²) in [7, 11) is 1.57. The number of ether oxygens (including phenoxy) is 2. The fourth-order valence-corrected chi connectivity index (χ4v) is 4.22. The average molecular weight is 438 g/mol. The number of carbonyl (C=O) groups excluding carboxylic acids is 2. The van der Waals surface area contributed by atoms with E-state index in [1.54, 1.807) is 54.5 Å². The molecule has 0 saturated carbocycles. The molecule has 1 saturated heterocycles. The van der Waals surface area contributed by atoms with Crippen LogP contribution in [0.3, 0.4) is 0 Å². The van der Waals surface area contributed by atoms with Crippen molar-refractivity contribution in [2.45, 2.75) is 13.0 Å². The van der Waals surface area contributed by atoms with E-state index in [0.717, 1.165) is 5.56 Å². The van der Waals surface area contributed by atoms with Crippen LogP contribution in [-0.4, -0.2) is 48.1 Å². The van der Waals surface area contributed by atoms with Gasteiger partial charge < -0.3 is 19.7 Å². The number of hydrogen-bond donors (Lipinski definition) is 1. The van der Waals surface area contributed by atoms with E-state index in [2.05, 4.69) is 5.32 Å². The topological polar surface area (TPSA) is 91.7 Å². The summed E-state index contributed by atoms with van der Waals surface area (Å²) in [6.07, 6.45) is 3.16. The maximum Gasteiger partial charge on any atom is 0.248 e. The van der Waals surface area contributed by atoms with Crippen LogP contribution in [-0.2, 0) is 9.59 Å². The standard InChI is InChI=1S/C23H23N3O4S/c1-3-30-21-12-16(6-10-20(21)29-2)7-11-22(27)26-15-31-14-19(26)23(28)25-18-8-4-17(13-24)5-9-18/h4-12,19H,3,14-15H2,1-2H3,(H,25,28)/b11-7+/t19-/m1/s1. The number of nitrogens with one attached hydrogen (secondary N) is 1. The molecule has 0 aromatic heterocycles. The summed E-state index contributed by atoms with van der Waals surface area (Å²) in [6.45, 7) is 2.39. The molecule has 31 heavy (non-hydrogen) atoms. The van der Waals surface area contributed by atoms with Crippen molar-refractivity contribution in [3.63, 3.8) is 0 Å². The number of thioether (sulfide) groups is 1. The van der Waals surface area contributed by atoms with Gasteiger partial charge in [0.25, 0.3) is 0 Å². The molecule has 2 aromatic rings. The Balaban J connectivity index is 1.67. The second kappa shape index (κ2) is 10.5. The van der Waals surface area contributed by atoms with E-state index in [0.29, 0.717) is 41.0 Å². The monoisotopic (exact) mass is 437 g/mol. The van der Waals surface area contributed by atoms with Gasteiger partial charge in [-0.25, -0.2) is 0 Å². The maximum absolute atomic E-state index is 12.8. The van der Waals surface area contributed by atoms with Crippen molar-refractivity contribution in [1.82, 2.24) is 4.90 Å². The highest BCUT2D eigenvalue weighted by atomic mass is 32.2. The van der Waals surface area contributed by atoms with Gasteiger partial charge in [-0.2, -0.15) is 5.26 Å². The van der Waals surface area contributed by atoms with Crippen LogP contribution in [0.25, 0.3) is 6.08 Å². The van der Waals surface area contributed by atoms with Gasteiger partial charge in [-0.05, 0) is 55.0 Å². The Kier molecular flexibility index (Phi) is 7.57. The zero-order chi connectivity index (χ0) is 22.2. The van der Waals surface area contributed by atoms with E-state index >= 15 is 0 Å². The zero-order valence-corrected chi connectivity index (χ0v) is 18.1. The van der Waals surface area contributed by atoms with E-state index in [1.807, 2.05) is 19.1 Å². The highest BCUT2D eigenvalue weighted by Gasteiger charge is 2.33. The number of methoxy groups -OCH3 is 1. The first-order chi connectivity index (χ1) is 15.0. The van der Waals surface area contributed by atoms with E-state index in [4.69, 9.17) is 14.7 Å². The maximum atomic E-state index is 12.8. The first kappa shape index (κ1) is 22.2. The first-order valence-electron chi connectivity index (χ1n) is 9.74. The third-order valence-corrected chi connectivity index (χ3v) is 5.67. The minimum Gasteiger partial charge on any atom is -0.493 e. The molecule has 8 heteroatoms. The van der Waals surface area contributed by atoms with Crippen molar-refractivity contribution in [2.75, 3.05) is 30.7 Å². The molecule has 1 aliphatic rings. The Morgan fingerprint density at radius 2 is 2.03 bits per heavy atom. The van der Waals surface area contributed by atoms with Gasteiger partial charge in [0, 0.05) is 17.5 Å². The summed E-state index contributed by atoms with van der Waals surface area (Å²) < 4.78 is 10.8. The number of nitrogens with zero attached hydrogens (tertiary/aromatic N) is 2. The van der Waals surface area contributed by atoms with Crippen LogP contribution in [0.1, 0.15) is 18.1 Å². The second-order valence-electron chi connectivity index (χ2n) is 6.68. The van der Waals surface area contributed by atoms with Gasteiger partial charge in [0.1, 0.15) is 6.04 Å². The first-order valence-corrected chi connectivity index (χ1v) is 10.9. The molecule has 1 heterocycles. The van der Waals surface area contributed by atoms with Crippen LogP contribution in [0.2, 0.25) is 0 Å². The molecular weight excluding hydrogens is 414 g/mol. The summed E-state index contributed by atoms with van der Waals surface area (Å²) in [5.74, 6) is 1.72. The molecule has 0 unspecified atom stereocenters. The van der Waals surface area contributed by atoms with Crippen molar-refractivity contribution >= 4 is 35.3 Å². The number of nitriles is 1. The molecule has 1 N–H and O–H groups in total. The number of anilines is 1. The lowest BCUT2D eigenvalue weighted by molar-refractivity contribution is -0.132. The van der Waals surface area contributed by atoms with E-state index in [9.17, 15) is 9.59 Å². The zero-order valence-electron chi connectivity index (χ0n) is 17.3. The van der Waals surface area contributed by atoms with Crippen molar-refractivity contribution in [1.29, 1.82) is 5.26 Å². The third-order valence-electron chi connectivity index (χ3n) is 4.66. The summed E-state index contributed by atoms with van der Waals surface area (Å²) in [5, 5.41) is 11.7. The molecule has 0 aliphatic carbocycles. The lowest BCUT2D eigenvalue weighted by atomic mass is 10.1. The second-order valence-corrected chi connectivity index (χ2v) is 7.68. The molecule has 7 nitrogen and oxygen atoms in total. The SMILES string of the molecule is CCOc1cc(/C=C/C(=O)N2CSC[C@@H]2C(=O)Nc2ccc(C#N)cc2)ccc1OC. The Hall–Kier alpha value is -3.44. The molecule has 0 spiro atoms. The van der Waals surface area contributed by atoms with Crippen LogP contribution in [0, 0.1) is 11.3 Å². The van der Waals surface area contributed by atoms with Gasteiger partial charge in [-0.3, -0.25) is 9.59 Å². The summed E-state index contributed by atoms with van der Waals surface area (Å²) >= 11 is 1.53. The van der Waals surface area contributed by atoms with Gasteiger partial charge >= 0.3 is 0 Å². The molecular formula is C23H23N3O4S. The highest BCUT2D eigenvalue weighted by Crippen LogP contribution is 2.29. The molecule has 3 rings (SSSR count). The van der Waals surface area contributed by atoms with E-state index < -0.39 is 6.04 Å². The fourth-order valence-electron chi connectivity index (χ4n) is 3.06. The normalized spacial score (nSPS) is 15.5. The van der Waals surface area contributed by atoms with Crippen LogP contribution in [0.5, 0.6) is 11.5 Å². The Bertz CT molecular complexity index is 1010. The lowest BCUT2D eigenvalue weighted by Crippen LogP contribution is -2.43. The Labute approximate surface area is 185 Å². The number of amides is 2. The number of carbonyl (C=O) groups is 2. The van der Waals surface area contributed by atoms with Gasteiger partial charge in [0.05, 0.1) is 31.2 Å². The number of hydrogen-bond acceptors (Lipinski definition) is 6. The minimum atomic E-state index is -0.562. The van der Waals surface area contributed by atoms with E-state index in [1.165, 1.54) is 17.8 Å². The Morgan fingerprint density at radius 1 is 1.26 bits per heavy atom. The van der Waals surface area contributed by atoms with Crippen LogP contribution in [0.15, 0.2) is 48.5 Å². The van der Waals surface area contributed by atoms with Crippen molar-refractivity contribution in [3.8, 4) is 17.6 Å². The molecule has 160 valence electrons. The van der Waals surface area contributed by atoms with Gasteiger partial charge in [0.15, 0.2) is 11.5 Å². The predicted octanol–water partition coefficient (Wildman–Crippen LogP) is 3.52. The highest BCUT2D eigenvalue weighted by molar-refractivity contribution is 7.99. The van der Waals surface area contributed by atoms with Crippen LogP contribution < -0.4 is 14.8 Å². The largest absolute Gasteiger partial charge is 0.493 e. The van der Waals surface area contributed by atoms with Crippen molar-refractivity contribution < 1.29 is 19.1 Å². The van der Waals surface area contributed by atoms with Crippen molar-refractivity contribution in [3.05, 3.63) is 59.7 Å². The number of rotatable bonds is 7. The Morgan fingerprint density at radius 3 is 2.71 bits per heavy atom. The molecule has 2 aromatic carbocycles. The van der Waals surface area contributed by atoms with Gasteiger partial charge in [-0.1, -0.05) is 6.07 Å². The summed E-state index contributed by atoms with van der Waals surface area (Å²) in [4.78, 5) is 27.0. The van der Waals surface area contributed by atoms with Crippen LogP contribution in [0.4, 0.5) is 5.69 Å². The smallest absolute Gasteiger partial charge is 0.248 e. The number of benzene rings is 2. The predicted molar refractivity (Wildman–Crippen MR) is 121 cm³/mol. The molecule has 2 amide bonds. The summed E-state index contributed by atoms with van der Waals surface area (Å²) in [5.41, 5.74) is 1.90. The van der Waals surface area contributed by atoms with Crippen LogP contribution >= 0.6 is 11.8 Å². The average Bonchev–Trinajstić information content (AvgIpc) is 3.29. The third kappa shape index (κ3) is 5.58. The molecule has 0 bridgehead atoms. The van der Waals surface area contributed by atoms with E-state index in [-0.39, 0.29) is 11.8 Å². The van der Waals surface area contributed by atoms with Crippen molar-refractivity contribution in [2.24, 2.45) is 0 Å². The fraction of sp³-hybridized carbons (Fsp3) is 0.261. The minimum absolute atomic E-state index is 0.237. The molecule has 0 radical (unpaired) electrons. The quantitative estimate of drug-likeness (QED) is 0.667. The molecule has 1 atom stereocenters. The molecule has 1 aliphatic heterocycles. The summed E-state index contributed by atoms with van der Waals surface area (Å²) in [6, 6.07) is 13.5.